The molecule has 2 heterocycles. The van der Waals surface area contributed by atoms with Crippen LogP contribution in [-0.4, -0.2) is 31.7 Å². The number of benzene rings is 1. The highest BCUT2D eigenvalue weighted by Crippen LogP contribution is 2.28. The van der Waals surface area contributed by atoms with Gasteiger partial charge in [-0.05, 0) is 36.4 Å². The summed E-state index contributed by atoms with van der Waals surface area (Å²) < 4.78 is 53.4. The average molecular weight is 386 g/mol. The first-order valence-electron chi connectivity index (χ1n) is 7.73. The van der Waals surface area contributed by atoms with E-state index in [1.54, 1.807) is 0 Å². The minimum Gasteiger partial charge on any atom is -0.321 e. The summed E-state index contributed by atoms with van der Waals surface area (Å²) in [5.74, 6) is -2.37. The molecular weight excluding hydrogens is 370 g/mol. The Morgan fingerprint density at radius 2 is 1.72 bits per heavy atom. The third-order valence-electron chi connectivity index (χ3n) is 3.89. The maximum absolute atomic E-state index is 13.2. The number of carbonyl (C=O) groups excluding carboxylic acids is 1. The van der Waals surface area contributed by atoms with Gasteiger partial charge in [0.25, 0.3) is 5.91 Å². The third kappa shape index (κ3) is 3.88. The van der Waals surface area contributed by atoms with Crippen LogP contribution in [-0.2, 0) is 10.0 Å². The van der Waals surface area contributed by atoms with Gasteiger partial charge in [0.1, 0.15) is 21.4 Å². The highest BCUT2D eigenvalue weighted by atomic mass is 32.2. The van der Waals surface area contributed by atoms with E-state index >= 15 is 0 Å². The van der Waals surface area contributed by atoms with E-state index in [0.717, 1.165) is 42.7 Å². The van der Waals surface area contributed by atoms with E-state index in [9.17, 15) is 22.0 Å². The number of hydrogen-bond donors (Lipinski definition) is 1. The van der Waals surface area contributed by atoms with Crippen molar-refractivity contribution in [2.45, 2.75) is 24.2 Å². The zero-order valence-corrected chi connectivity index (χ0v) is 14.8. The number of rotatable bonds is 4. The first-order valence-corrected chi connectivity index (χ1v) is 10.0. The first-order chi connectivity index (χ1) is 11.9. The monoisotopic (exact) mass is 386 g/mol. The van der Waals surface area contributed by atoms with Crippen LogP contribution in [0, 0.1) is 11.6 Å². The van der Waals surface area contributed by atoms with Gasteiger partial charge in [0.05, 0.1) is 0 Å². The molecule has 5 nitrogen and oxygen atoms in total. The van der Waals surface area contributed by atoms with E-state index in [1.807, 2.05) is 0 Å². The van der Waals surface area contributed by atoms with Crippen molar-refractivity contribution in [3.8, 4) is 0 Å². The second kappa shape index (κ2) is 7.19. The third-order valence-corrected chi connectivity index (χ3v) is 6.87. The number of nitrogens with one attached hydrogen (secondary N) is 1. The van der Waals surface area contributed by atoms with Gasteiger partial charge >= 0.3 is 0 Å². The maximum atomic E-state index is 13.2. The van der Waals surface area contributed by atoms with Crippen LogP contribution in [0.25, 0.3) is 0 Å². The number of nitrogens with zero attached hydrogens (tertiary/aromatic N) is 1. The highest BCUT2D eigenvalue weighted by molar-refractivity contribution is 7.89. The molecule has 9 heteroatoms. The Bertz CT molecular complexity index is 870. The number of amides is 1. The molecule has 1 fully saturated rings. The first kappa shape index (κ1) is 18.0. The fourth-order valence-corrected chi connectivity index (χ4v) is 5.54. The van der Waals surface area contributed by atoms with Gasteiger partial charge in [-0.3, -0.25) is 4.79 Å². The van der Waals surface area contributed by atoms with E-state index in [4.69, 9.17) is 0 Å². The van der Waals surface area contributed by atoms with Crippen LogP contribution in [0.4, 0.5) is 14.5 Å². The second-order valence-corrected chi connectivity index (χ2v) is 8.51. The van der Waals surface area contributed by atoms with Crippen molar-refractivity contribution in [1.82, 2.24) is 4.31 Å². The molecule has 0 atom stereocenters. The predicted octanol–water partition coefficient (Wildman–Crippen LogP) is 3.45. The Hall–Kier alpha value is -1.84. The smallest absolute Gasteiger partial charge is 0.267 e. The fraction of sp³-hybridized carbons (Fsp3) is 0.312. The van der Waals surface area contributed by atoms with Gasteiger partial charge in [-0.25, -0.2) is 17.2 Å². The van der Waals surface area contributed by atoms with Gasteiger partial charge in [0, 0.05) is 24.8 Å². The molecule has 1 aliphatic heterocycles. The standard InChI is InChI=1S/C16H16F2N2O3S2/c17-11-8-12(18)10-13(9-11)19-16(21)15-14(4-7-24-15)25(22,23)20-5-2-1-3-6-20/h4,7-10H,1-3,5-6H2,(H,19,21). The summed E-state index contributed by atoms with van der Waals surface area (Å²) in [5.41, 5.74) is -0.0720. The van der Waals surface area contributed by atoms with Gasteiger partial charge in [-0.2, -0.15) is 4.31 Å². The number of sulfonamides is 1. The molecule has 3 rings (SSSR count). The van der Waals surface area contributed by atoms with Crippen molar-refractivity contribution >= 4 is 33.0 Å². The molecular formula is C16H16F2N2O3S2. The Labute approximate surface area is 148 Å². The second-order valence-electron chi connectivity index (χ2n) is 5.69. The molecule has 2 aromatic rings. The SMILES string of the molecule is O=C(Nc1cc(F)cc(F)c1)c1sccc1S(=O)(=O)N1CCCCC1. The summed E-state index contributed by atoms with van der Waals surface area (Å²) in [7, 11) is -3.77. The number of halogens is 2. The van der Waals surface area contributed by atoms with Crippen LogP contribution in [0.1, 0.15) is 28.9 Å². The van der Waals surface area contributed by atoms with Crippen molar-refractivity contribution in [2.24, 2.45) is 0 Å². The number of piperidine rings is 1. The lowest BCUT2D eigenvalue weighted by atomic mass is 10.2. The average Bonchev–Trinajstić information content (AvgIpc) is 3.05. The van der Waals surface area contributed by atoms with Gasteiger partial charge < -0.3 is 5.32 Å². The summed E-state index contributed by atoms with van der Waals surface area (Å²) in [6.45, 7) is 0.850. The summed E-state index contributed by atoms with van der Waals surface area (Å²) in [6, 6.07) is 4.00. The zero-order valence-electron chi connectivity index (χ0n) is 13.2. The van der Waals surface area contributed by atoms with Crippen LogP contribution in [0.15, 0.2) is 34.5 Å². The maximum Gasteiger partial charge on any atom is 0.267 e. The summed E-state index contributed by atoms with van der Waals surface area (Å²) in [4.78, 5) is 12.3. The lowest BCUT2D eigenvalue weighted by Gasteiger charge is -2.25. The predicted molar refractivity (Wildman–Crippen MR) is 91.2 cm³/mol. The van der Waals surface area contributed by atoms with E-state index in [1.165, 1.54) is 15.8 Å². The van der Waals surface area contributed by atoms with E-state index in [-0.39, 0.29) is 15.5 Å². The molecule has 0 saturated carbocycles. The van der Waals surface area contributed by atoms with E-state index in [0.29, 0.717) is 19.2 Å². The van der Waals surface area contributed by atoms with Crippen molar-refractivity contribution < 1.29 is 22.0 Å². The number of hydrogen-bond acceptors (Lipinski definition) is 4. The topological polar surface area (TPSA) is 66.5 Å². The van der Waals surface area contributed by atoms with Crippen molar-refractivity contribution in [3.05, 3.63) is 46.2 Å². The summed E-state index contributed by atoms with van der Waals surface area (Å²) >= 11 is 0.971. The van der Waals surface area contributed by atoms with E-state index in [2.05, 4.69) is 5.32 Å². The molecule has 1 amide bonds. The molecule has 0 aliphatic carbocycles. The number of anilines is 1. The molecule has 0 spiro atoms. The number of carbonyl (C=O) groups is 1. The Kier molecular flexibility index (Phi) is 5.16. The van der Waals surface area contributed by atoms with Crippen LogP contribution >= 0.6 is 11.3 Å². The lowest BCUT2D eigenvalue weighted by Crippen LogP contribution is -2.36. The Morgan fingerprint density at radius 1 is 1.08 bits per heavy atom. The van der Waals surface area contributed by atoms with Crippen LogP contribution < -0.4 is 5.32 Å². The number of thiophene rings is 1. The molecule has 1 aliphatic rings. The molecule has 1 N–H and O–H groups in total. The van der Waals surface area contributed by atoms with Crippen molar-refractivity contribution in [2.75, 3.05) is 18.4 Å². The molecule has 1 saturated heterocycles. The molecule has 1 aromatic heterocycles. The normalized spacial score (nSPS) is 15.9. The minimum absolute atomic E-state index is 0.00440. The zero-order chi connectivity index (χ0) is 18.0. The lowest BCUT2D eigenvalue weighted by molar-refractivity contribution is 0.102. The van der Waals surface area contributed by atoms with Gasteiger partial charge in [-0.1, -0.05) is 6.42 Å². The molecule has 0 radical (unpaired) electrons. The molecule has 0 bridgehead atoms. The quantitative estimate of drug-likeness (QED) is 0.875. The van der Waals surface area contributed by atoms with E-state index < -0.39 is 27.6 Å². The Morgan fingerprint density at radius 3 is 2.36 bits per heavy atom. The molecule has 134 valence electrons. The van der Waals surface area contributed by atoms with Crippen molar-refractivity contribution in [1.29, 1.82) is 0 Å². The van der Waals surface area contributed by atoms with Crippen LogP contribution in [0.2, 0.25) is 0 Å². The Balaban J connectivity index is 1.86. The van der Waals surface area contributed by atoms with Gasteiger partial charge in [0.15, 0.2) is 0 Å². The summed E-state index contributed by atoms with van der Waals surface area (Å²) in [6.07, 6.45) is 2.55. The van der Waals surface area contributed by atoms with Crippen LogP contribution in [0.5, 0.6) is 0 Å². The molecule has 0 unspecified atom stereocenters. The highest BCUT2D eigenvalue weighted by Gasteiger charge is 2.31. The fourth-order valence-electron chi connectivity index (χ4n) is 2.72. The minimum atomic E-state index is -3.77. The molecule has 1 aromatic carbocycles. The van der Waals surface area contributed by atoms with Crippen LogP contribution in [0.3, 0.4) is 0 Å². The largest absolute Gasteiger partial charge is 0.321 e. The summed E-state index contributed by atoms with van der Waals surface area (Å²) in [5, 5.41) is 3.86. The van der Waals surface area contributed by atoms with Crippen molar-refractivity contribution in [3.63, 3.8) is 0 Å². The van der Waals surface area contributed by atoms with Gasteiger partial charge in [-0.15, -0.1) is 11.3 Å². The van der Waals surface area contributed by atoms with Gasteiger partial charge in [0.2, 0.25) is 10.0 Å². The molecule has 25 heavy (non-hydrogen) atoms.